The zero-order chi connectivity index (χ0) is 20.4. The average molecular weight is 410 g/mol. The van der Waals surface area contributed by atoms with Crippen LogP contribution in [-0.2, 0) is 11.2 Å². The number of hydrogen-bond donors (Lipinski definition) is 0. The number of aryl methyl sites for hydroxylation is 1. The number of aromatic nitrogens is 1. The standard InChI is InChI=1S/C22H23N3O3S/c1-3-15-8-9-18-19(14-15)29-22(23-18)25-12-10-24(11-13-25)20(26)16-6-4-5-7-17(16)21(27)28-2/h4-9,14H,3,10-13H2,1-2H3. The molecule has 29 heavy (non-hydrogen) atoms. The number of piperazine rings is 1. The highest BCUT2D eigenvalue weighted by Crippen LogP contribution is 2.30. The monoisotopic (exact) mass is 409 g/mol. The van der Waals surface area contributed by atoms with Gasteiger partial charge in [-0.15, -0.1) is 0 Å². The molecule has 150 valence electrons. The predicted octanol–water partition coefficient (Wildman–Crippen LogP) is 3.61. The van der Waals surface area contributed by atoms with Crippen LogP contribution < -0.4 is 4.90 Å². The van der Waals surface area contributed by atoms with E-state index in [4.69, 9.17) is 9.72 Å². The van der Waals surface area contributed by atoms with E-state index in [1.165, 1.54) is 17.4 Å². The first kappa shape index (κ1) is 19.4. The highest BCUT2D eigenvalue weighted by molar-refractivity contribution is 7.22. The molecule has 1 amide bonds. The number of benzene rings is 2. The minimum absolute atomic E-state index is 0.137. The first-order valence-electron chi connectivity index (χ1n) is 9.71. The number of esters is 1. The molecule has 4 rings (SSSR count). The van der Waals surface area contributed by atoms with Gasteiger partial charge in [0.25, 0.3) is 5.91 Å². The van der Waals surface area contributed by atoms with Gasteiger partial charge in [0.15, 0.2) is 5.13 Å². The van der Waals surface area contributed by atoms with E-state index in [1.54, 1.807) is 40.5 Å². The first-order valence-corrected chi connectivity index (χ1v) is 10.5. The van der Waals surface area contributed by atoms with Crippen LogP contribution in [0.4, 0.5) is 5.13 Å². The van der Waals surface area contributed by atoms with Crippen molar-refractivity contribution in [3.8, 4) is 0 Å². The van der Waals surface area contributed by atoms with Crippen LogP contribution in [0, 0.1) is 0 Å². The number of hydrogen-bond acceptors (Lipinski definition) is 6. The van der Waals surface area contributed by atoms with Gasteiger partial charge in [0.2, 0.25) is 0 Å². The number of anilines is 1. The summed E-state index contributed by atoms with van der Waals surface area (Å²) in [5.41, 5.74) is 3.03. The fraction of sp³-hybridized carbons (Fsp3) is 0.318. The van der Waals surface area contributed by atoms with E-state index in [1.807, 2.05) is 0 Å². The van der Waals surface area contributed by atoms with E-state index in [0.29, 0.717) is 37.3 Å². The van der Waals surface area contributed by atoms with Crippen molar-refractivity contribution in [2.75, 3.05) is 38.2 Å². The maximum absolute atomic E-state index is 13.0. The summed E-state index contributed by atoms with van der Waals surface area (Å²) < 4.78 is 6.01. The fourth-order valence-corrected chi connectivity index (χ4v) is 4.62. The van der Waals surface area contributed by atoms with Crippen LogP contribution in [0.15, 0.2) is 42.5 Å². The van der Waals surface area contributed by atoms with Gasteiger partial charge >= 0.3 is 5.97 Å². The van der Waals surface area contributed by atoms with Crippen LogP contribution >= 0.6 is 11.3 Å². The number of carbonyl (C=O) groups excluding carboxylic acids is 2. The maximum atomic E-state index is 13.0. The molecule has 0 unspecified atom stereocenters. The molecule has 1 aliphatic rings. The first-order chi connectivity index (χ1) is 14.1. The third kappa shape index (κ3) is 3.82. The fourth-order valence-electron chi connectivity index (χ4n) is 3.54. The van der Waals surface area contributed by atoms with Crippen molar-refractivity contribution in [1.29, 1.82) is 0 Å². The quantitative estimate of drug-likeness (QED) is 0.616. The van der Waals surface area contributed by atoms with Crippen molar-refractivity contribution in [3.05, 3.63) is 59.2 Å². The van der Waals surface area contributed by atoms with Gasteiger partial charge in [-0.3, -0.25) is 4.79 Å². The summed E-state index contributed by atoms with van der Waals surface area (Å²) in [5, 5.41) is 0.996. The largest absolute Gasteiger partial charge is 0.465 e. The van der Waals surface area contributed by atoms with E-state index < -0.39 is 5.97 Å². The highest BCUT2D eigenvalue weighted by Gasteiger charge is 2.26. The lowest BCUT2D eigenvalue weighted by molar-refractivity contribution is 0.0589. The van der Waals surface area contributed by atoms with Crippen molar-refractivity contribution in [2.45, 2.75) is 13.3 Å². The Morgan fingerprint density at radius 2 is 1.79 bits per heavy atom. The number of thiazole rings is 1. The topological polar surface area (TPSA) is 62.7 Å². The van der Waals surface area contributed by atoms with Crippen LogP contribution in [0.25, 0.3) is 10.2 Å². The molecule has 0 bridgehead atoms. The average Bonchev–Trinajstić information content (AvgIpc) is 3.21. The molecule has 0 aliphatic carbocycles. The lowest BCUT2D eigenvalue weighted by atomic mass is 10.1. The summed E-state index contributed by atoms with van der Waals surface area (Å²) in [6, 6.07) is 13.2. The van der Waals surface area contributed by atoms with Crippen molar-refractivity contribution in [2.24, 2.45) is 0 Å². The van der Waals surface area contributed by atoms with E-state index >= 15 is 0 Å². The van der Waals surface area contributed by atoms with Crippen LogP contribution in [0.5, 0.6) is 0 Å². The SMILES string of the molecule is CCc1ccc2nc(N3CCN(C(=O)c4ccccc4C(=O)OC)CC3)sc2c1. The maximum Gasteiger partial charge on any atom is 0.338 e. The summed E-state index contributed by atoms with van der Waals surface area (Å²) in [6.07, 6.45) is 1.01. The Morgan fingerprint density at radius 3 is 2.48 bits per heavy atom. The molecule has 1 saturated heterocycles. The Bertz CT molecular complexity index is 1050. The molecule has 1 aliphatic heterocycles. The van der Waals surface area contributed by atoms with Crippen LogP contribution in [-0.4, -0.2) is 55.0 Å². The Kier molecular flexibility index (Phi) is 5.49. The van der Waals surface area contributed by atoms with Crippen LogP contribution in [0.1, 0.15) is 33.2 Å². The molecule has 1 aromatic heterocycles. The Morgan fingerprint density at radius 1 is 1.07 bits per heavy atom. The van der Waals surface area contributed by atoms with Crippen LogP contribution in [0.3, 0.4) is 0 Å². The molecule has 0 atom stereocenters. The predicted molar refractivity (Wildman–Crippen MR) is 115 cm³/mol. The number of fused-ring (bicyclic) bond motifs is 1. The molecular formula is C22H23N3O3S. The second-order valence-corrected chi connectivity index (χ2v) is 7.98. The minimum atomic E-state index is -0.492. The van der Waals surface area contributed by atoms with Crippen LogP contribution in [0.2, 0.25) is 0 Å². The minimum Gasteiger partial charge on any atom is -0.465 e. The Hall–Kier alpha value is -2.93. The molecule has 0 spiro atoms. The van der Waals surface area contributed by atoms with E-state index in [2.05, 4.69) is 30.0 Å². The molecule has 2 aromatic carbocycles. The van der Waals surface area contributed by atoms with Crippen molar-refractivity contribution in [1.82, 2.24) is 9.88 Å². The number of nitrogens with zero attached hydrogens (tertiary/aromatic N) is 3. The van der Waals surface area contributed by atoms with E-state index in [0.717, 1.165) is 17.1 Å². The van der Waals surface area contributed by atoms with Gasteiger partial charge < -0.3 is 14.5 Å². The van der Waals surface area contributed by atoms with Gasteiger partial charge in [-0.2, -0.15) is 0 Å². The zero-order valence-electron chi connectivity index (χ0n) is 16.6. The third-order valence-corrected chi connectivity index (χ3v) is 6.33. The summed E-state index contributed by atoms with van der Waals surface area (Å²) in [4.78, 5) is 33.8. The molecule has 0 saturated carbocycles. The lowest BCUT2D eigenvalue weighted by Gasteiger charge is -2.34. The molecule has 6 nitrogen and oxygen atoms in total. The van der Waals surface area contributed by atoms with E-state index in [9.17, 15) is 9.59 Å². The number of rotatable bonds is 4. The molecule has 1 fully saturated rings. The molecule has 0 N–H and O–H groups in total. The van der Waals surface area contributed by atoms with Crippen molar-refractivity contribution in [3.63, 3.8) is 0 Å². The smallest absolute Gasteiger partial charge is 0.338 e. The molecule has 0 radical (unpaired) electrons. The molecule has 7 heteroatoms. The summed E-state index contributed by atoms with van der Waals surface area (Å²) in [6.45, 7) is 4.76. The lowest BCUT2D eigenvalue weighted by Crippen LogP contribution is -2.49. The van der Waals surface area contributed by atoms with Gasteiger partial charge in [-0.05, 0) is 36.2 Å². The third-order valence-electron chi connectivity index (χ3n) is 5.25. The van der Waals surface area contributed by atoms with E-state index in [-0.39, 0.29) is 5.91 Å². The van der Waals surface area contributed by atoms with Crippen molar-refractivity contribution >= 4 is 38.6 Å². The highest BCUT2D eigenvalue weighted by atomic mass is 32.1. The number of methoxy groups -OCH3 is 1. The molecule has 2 heterocycles. The molecule has 3 aromatic rings. The Balaban J connectivity index is 1.47. The van der Waals surface area contributed by atoms with Gasteiger partial charge in [0, 0.05) is 26.2 Å². The summed E-state index contributed by atoms with van der Waals surface area (Å²) in [5.74, 6) is -0.629. The van der Waals surface area contributed by atoms with Gasteiger partial charge in [0.1, 0.15) is 0 Å². The summed E-state index contributed by atoms with van der Waals surface area (Å²) in [7, 11) is 1.32. The van der Waals surface area contributed by atoms with Gasteiger partial charge in [0.05, 0.1) is 28.5 Å². The number of amides is 1. The van der Waals surface area contributed by atoms with Gasteiger partial charge in [-0.25, -0.2) is 9.78 Å². The summed E-state index contributed by atoms with van der Waals surface area (Å²) >= 11 is 1.70. The Labute approximate surface area is 173 Å². The second-order valence-electron chi connectivity index (χ2n) is 6.97. The number of ether oxygens (including phenoxy) is 1. The zero-order valence-corrected chi connectivity index (χ0v) is 17.4. The van der Waals surface area contributed by atoms with Crippen molar-refractivity contribution < 1.29 is 14.3 Å². The van der Waals surface area contributed by atoms with Gasteiger partial charge in [-0.1, -0.05) is 36.5 Å². The second kappa shape index (κ2) is 8.21. The number of carbonyl (C=O) groups is 2. The molecular weight excluding hydrogens is 386 g/mol. The normalized spacial score (nSPS) is 14.3.